The van der Waals surface area contributed by atoms with E-state index in [2.05, 4.69) is 79.9 Å². The van der Waals surface area contributed by atoms with Crippen LogP contribution in [0.15, 0.2) is 42.9 Å². The Morgan fingerprint density at radius 3 is 2.36 bits per heavy atom. The molecule has 1 N–H and O–H groups in total. The minimum absolute atomic E-state index is 0. The Bertz CT molecular complexity index is 1120. The first-order valence-corrected chi connectivity index (χ1v) is 9.24. The molecule has 0 unspecified atom stereocenters. The highest BCUT2D eigenvalue weighted by Crippen LogP contribution is 2.25. The van der Waals surface area contributed by atoms with E-state index in [0.717, 1.165) is 40.5 Å². The predicted molar refractivity (Wildman–Crippen MR) is 117 cm³/mol. The molecule has 0 saturated carbocycles. The fourth-order valence-electron chi connectivity index (χ4n) is 3.48. The summed E-state index contributed by atoms with van der Waals surface area (Å²) in [4.78, 5) is 4.78. The number of fused-ring (bicyclic) bond motifs is 1. The zero-order valence-corrected chi connectivity index (χ0v) is 17.8. The molecule has 0 fully saturated rings. The van der Waals surface area contributed by atoms with Gasteiger partial charge in [-0.2, -0.15) is 5.10 Å². The lowest BCUT2D eigenvalue weighted by Gasteiger charge is -2.14. The average Bonchev–Trinajstić information content (AvgIpc) is 3.19. The first kappa shape index (κ1) is 20.0. The van der Waals surface area contributed by atoms with Gasteiger partial charge in [-0.1, -0.05) is 18.2 Å². The van der Waals surface area contributed by atoms with Crippen molar-refractivity contribution in [2.75, 3.05) is 5.32 Å². The summed E-state index contributed by atoms with van der Waals surface area (Å²) >= 11 is 0. The van der Waals surface area contributed by atoms with Crippen LogP contribution in [0.4, 0.5) is 5.69 Å². The number of pyridine rings is 1. The highest BCUT2D eigenvalue weighted by molar-refractivity contribution is 5.85. The minimum Gasteiger partial charge on any atom is -0.378 e. The summed E-state index contributed by atoms with van der Waals surface area (Å²) in [5.41, 5.74) is 10.2. The van der Waals surface area contributed by atoms with Crippen LogP contribution >= 0.6 is 12.4 Å². The molecule has 0 aliphatic rings. The summed E-state index contributed by atoms with van der Waals surface area (Å²) in [6.07, 6.45) is 6.01. The standard InChI is InChI=1S/C22H25N5.ClH/c1-14-10-24-27(12-14)19-9-21(22-25-17(4)18(5)26(22)13-19)23-11-20-15(2)7-6-8-16(20)3;/h6-10,12-13,23H,11H2,1-5H3;1H. The molecule has 6 heteroatoms. The van der Waals surface area contributed by atoms with E-state index >= 15 is 0 Å². The van der Waals surface area contributed by atoms with Gasteiger partial charge in [0.2, 0.25) is 0 Å². The SMILES string of the molecule is Cc1cnn(-c2cc(NCc3c(C)cccc3C)c3nc(C)c(C)n3c2)c1.Cl. The molecular formula is C22H26ClN5. The monoisotopic (exact) mass is 395 g/mol. The van der Waals surface area contributed by atoms with Gasteiger partial charge >= 0.3 is 0 Å². The van der Waals surface area contributed by atoms with Crippen molar-refractivity contribution in [3.05, 3.63) is 76.5 Å². The number of anilines is 1. The van der Waals surface area contributed by atoms with Crippen LogP contribution in [0.25, 0.3) is 11.3 Å². The third kappa shape index (κ3) is 3.50. The third-order valence-electron chi connectivity index (χ3n) is 5.26. The van der Waals surface area contributed by atoms with Crippen molar-refractivity contribution in [1.29, 1.82) is 0 Å². The van der Waals surface area contributed by atoms with E-state index in [4.69, 9.17) is 4.98 Å². The Labute approximate surface area is 171 Å². The van der Waals surface area contributed by atoms with Crippen molar-refractivity contribution in [3.63, 3.8) is 0 Å². The molecular weight excluding hydrogens is 370 g/mol. The largest absolute Gasteiger partial charge is 0.378 e. The fourth-order valence-corrected chi connectivity index (χ4v) is 3.48. The van der Waals surface area contributed by atoms with Gasteiger partial charge < -0.3 is 9.72 Å². The fraction of sp³-hybridized carbons (Fsp3) is 0.273. The maximum atomic E-state index is 4.78. The predicted octanol–water partition coefficient (Wildman–Crippen LogP) is 5.10. The first-order chi connectivity index (χ1) is 12.9. The second kappa shape index (κ2) is 7.68. The lowest BCUT2D eigenvalue weighted by molar-refractivity contribution is 0.867. The maximum Gasteiger partial charge on any atom is 0.160 e. The number of aryl methyl sites for hydroxylation is 5. The molecule has 0 saturated heterocycles. The van der Waals surface area contributed by atoms with Crippen LogP contribution in [0.3, 0.4) is 0 Å². The Balaban J connectivity index is 0.00000225. The van der Waals surface area contributed by atoms with Gasteiger partial charge in [0, 0.05) is 24.6 Å². The maximum absolute atomic E-state index is 4.78. The number of rotatable bonds is 4. The van der Waals surface area contributed by atoms with Crippen LogP contribution in [-0.4, -0.2) is 19.2 Å². The highest BCUT2D eigenvalue weighted by atomic mass is 35.5. The van der Waals surface area contributed by atoms with E-state index in [9.17, 15) is 0 Å². The number of benzene rings is 1. The Morgan fingerprint density at radius 1 is 1.00 bits per heavy atom. The Kier molecular flexibility index (Phi) is 5.47. The van der Waals surface area contributed by atoms with Gasteiger partial charge in [-0.25, -0.2) is 9.67 Å². The van der Waals surface area contributed by atoms with Crippen LogP contribution < -0.4 is 5.32 Å². The van der Waals surface area contributed by atoms with Gasteiger partial charge in [-0.05, 0) is 62.9 Å². The Hall–Kier alpha value is -2.79. The zero-order valence-electron chi connectivity index (χ0n) is 16.9. The first-order valence-electron chi connectivity index (χ1n) is 9.24. The van der Waals surface area contributed by atoms with Crippen molar-refractivity contribution in [1.82, 2.24) is 19.2 Å². The van der Waals surface area contributed by atoms with Crippen molar-refractivity contribution >= 4 is 23.7 Å². The van der Waals surface area contributed by atoms with E-state index in [0.29, 0.717) is 0 Å². The molecule has 0 spiro atoms. The number of imidazole rings is 1. The van der Waals surface area contributed by atoms with E-state index in [1.807, 2.05) is 17.1 Å². The summed E-state index contributed by atoms with van der Waals surface area (Å²) in [6.45, 7) is 11.3. The van der Waals surface area contributed by atoms with E-state index < -0.39 is 0 Å². The van der Waals surface area contributed by atoms with E-state index in [1.165, 1.54) is 16.7 Å². The molecule has 0 atom stereocenters. The lowest BCUT2D eigenvalue weighted by atomic mass is 10.0. The molecule has 146 valence electrons. The average molecular weight is 396 g/mol. The van der Waals surface area contributed by atoms with Crippen molar-refractivity contribution < 1.29 is 0 Å². The number of nitrogens with zero attached hydrogens (tertiary/aromatic N) is 4. The minimum atomic E-state index is 0. The molecule has 28 heavy (non-hydrogen) atoms. The van der Waals surface area contributed by atoms with E-state index in [1.54, 1.807) is 0 Å². The number of hydrogen-bond donors (Lipinski definition) is 1. The normalized spacial score (nSPS) is 10.9. The van der Waals surface area contributed by atoms with Crippen molar-refractivity contribution in [3.8, 4) is 5.69 Å². The Morgan fingerprint density at radius 2 is 1.71 bits per heavy atom. The van der Waals surface area contributed by atoms with Gasteiger partial charge in [-0.3, -0.25) is 0 Å². The number of nitrogens with one attached hydrogen (secondary N) is 1. The van der Waals surface area contributed by atoms with Gasteiger partial charge in [-0.15, -0.1) is 12.4 Å². The molecule has 3 heterocycles. The quantitative estimate of drug-likeness (QED) is 0.523. The molecule has 0 radical (unpaired) electrons. The zero-order chi connectivity index (χ0) is 19.1. The highest BCUT2D eigenvalue weighted by Gasteiger charge is 2.13. The van der Waals surface area contributed by atoms with Gasteiger partial charge in [0.25, 0.3) is 0 Å². The van der Waals surface area contributed by atoms with Crippen LogP contribution in [0, 0.1) is 34.6 Å². The lowest BCUT2D eigenvalue weighted by Crippen LogP contribution is -2.07. The molecule has 4 rings (SSSR count). The van der Waals surface area contributed by atoms with Gasteiger partial charge in [0.05, 0.1) is 23.3 Å². The van der Waals surface area contributed by atoms with E-state index in [-0.39, 0.29) is 12.4 Å². The van der Waals surface area contributed by atoms with Crippen LogP contribution in [0.5, 0.6) is 0 Å². The van der Waals surface area contributed by atoms with Gasteiger partial charge in [0.15, 0.2) is 5.65 Å². The molecule has 0 aliphatic carbocycles. The second-order valence-corrected chi connectivity index (χ2v) is 7.27. The molecule has 0 bridgehead atoms. The summed E-state index contributed by atoms with van der Waals surface area (Å²) in [7, 11) is 0. The molecule has 3 aromatic heterocycles. The van der Waals surface area contributed by atoms with Crippen LogP contribution in [0.2, 0.25) is 0 Å². The molecule has 0 aliphatic heterocycles. The summed E-state index contributed by atoms with van der Waals surface area (Å²) < 4.78 is 4.06. The molecule has 5 nitrogen and oxygen atoms in total. The molecule has 1 aromatic carbocycles. The van der Waals surface area contributed by atoms with Crippen LogP contribution in [0.1, 0.15) is 33.6 Å². The smallest absolute Gasteiger partial charge is 0.160 e. The van der Waals surface area contributed by atoms with Crippen molar-refractivity contribution in [2.45, 2.75) is 41.2 Å². The second-order valence-electron chi connectivity index (χ2n) is 7.27. The summed E-state index contributed by atoms with van der Waals surface area (Å²) in [6, 6.07) is 8.55. The summed E-state index contributed by atoms with van der Waals surface area (Å²) in [5.74, 6) is 0. The number of aromatic nitrogens is 4. The number of halogens is 1. The topological polar surface area (TPSA) is 47.2 Å². The van der Waals surface area contributed by atoms with Crippen molar-refractivity contribution in [2.24, 2.45) is 0 Å². The molecule has 0 amide bonds. The van der Waals surface area contributed by atoms with Gasteiger partial charge in [0.1, 0.15) is 0 Å². The molecule has 4 aromatic rings. The third-order valence-corrected chi connectivity index (χ3v) is 5.26. The van der Waals surface area contributed by atoms with Crippen LogP contribution in [-0.2, 0) is 6.54 Å². The number of hydrogen-bond acceptors (Lipinski definition) is 3. The summed E-state index contributed by atoms with van der Waals surface area (Å²) in [5, 5.41) is 8.09.